The molecule has 1 aliphatic rings. The fourth-order valence-electron chi connectivity index (χ4n) is 4.54. The fourth-order valence-corrected chi connectivity index (χ4v) is 4.54. The van der Waals surface area contributed by atoms with Crippen LogP contribution in [-0.4, -0.2) is 29.3 Å². The van der Waals surface area contributed by atoms with E-state index in [0.29, 0.717) is 11.3 Å². The molecule has 0 aliphatic carbocycles. The Kier molecular flexibility index (Phi) is 5.57. The lowest BCUT2D eigenvalue weighted by Crippen LogP contribution is -2.24. The van der Waals surface area contributed by atoms with Crippen LogP contribution in [0.5, 0.6) is 0 Å². The first kappa shape index (κ1) is 20.2. The van der Waals surface area contributed by atoms with Crippen molar-refractivity contribution in [3.8, 4) is 0 Å². The number of Topliss-reactive ketones (excluding diaryl/α,β-unsaturated/α-hetero) is 1. The van der Waals surface area contributed by atoms with Crippen molar-refractivity contribution in [2.45, 2.75) is 19.4 Å². The van der Waals surface area contributed by atoms with Gasteiger partial charge in [-0.05, 0) is 35.7 Å². The average Bonchev–Trinajstić information content (AvgIpc) is 2.95. The van der Waals surface area contributed by atoms with Crippen molar-refractivity contribution in [2.75, 3.05) is 18.4 Å². The predicted molar refractivity (Wildman–Crippen MR) is 129 cm³/mol. The Labute approximate surface area is 188 Å². The van der Waals surface area contributed by atoms with E-state index in [-0.39, 0.29) is 1.43 Å². The lowest BCUT2D eigenvalue weighted by Gasteiger charge is -2.09. The van der Waals surface area contributed by atoms with Crippen molar-refractivity contribution in [2.24, 2.45) is 0 Å². The quantitative estimate of drug-likeness (QED) is 0.367. The molecule has 0 unspecified atom stereocenters. The van der Waals surface area contributed by atoms with Gasteiger partial charge in [-0.3, -0.25) is 9.59 Å². The smallest absolute Gasteiger partial charge is 0.296 e. The molecular formula is C27H27N3O2. The summed E-state index contributed by atoms with van der Waals surface area (Å²) in [6, 6.07) is 25.7. The molecule has 1 amide bonds. The van der Waals surface area contributed by atoms with Gasteiger partial charge in [0.1, 0.15) is 0 Å². The van der Waals surface area contributed by atoms with Gasteiger partial charge < -0.3 is 15.2 Å². The Morgan fingerprint density at radius 2 is 1.69 bits per heavy atom. The molecule has 0 fully saturated rings. The van der Waals surface area contributed by atoms with Crippen molar-refractivity contribution in [3.05, 3.63) is 101 Å². The van der Waals surface area contributed by atoms with Crippen molar-refractivity contribution in [1.82, 2.24) is 9.88 Å². The van der Waals surface area contributed by atoms with Gasteiger partial charge in [-0.1, -0.05) is 60.7 Å². The number of para-hydroxylation sites is 1. The largest absolute Gasteiger partial charge is 0.343 e. The van der Waals surface area contributed by atoms with Crippen molar-refractivity contribution >= 4 is 28.3 Å². The summed E-state index contributed by atoms with van der Waals surface area (Å²) in [5.41, 5.74) is 5.39. The number of anilines is 1. The second-order valence-electron chi connectivity index (χ2n) is 8.14. The molecule has 2 N–H and O–H groups in total. The molecule has 3 aromatic carbocycles. The number of benzene rings is 3. The van der Waals surface area contributed by atoms with E-state index in [1.165, 1.54) is 5.56 Å². The van der Waals surface area contributed by atoms with E-state index in [1.54, 1.807) is 0 Å². The molecule has 5 heteroatoms. The molecule has 4 aromatic rings. The second-order valence-corrected chi connectivity index (χ2v) is 8.14. The molecule has 32 heavy (non-hydrogen) atoms. The van der Waals surface area contributed by atoms with Crippen molar-refractivity contribution in [1.29, 1.82) is 0 Å². The van der Waals surface area contributed by atoms with Crippen LogP contribution in [0.2, 0.25) is 0 Å². The van der Waals surface area contributed by atoms with E-state index in [9.17, 15) is 9.59 Å². The van der Waals surface area contributed by atoms with E-state index in [4.69, 9.17) is 0 Å². The summed E-state index contributed by atoms with van der Waals surface area (Å²) in [6.45, 7) is 2.42. The summed E-state index contributed by atoms with van der Waals surface area (Å²) in [7, 11) is 0. The van der Waals surface area contributed by atoms with E-state index in [2.05, 4.69) is 27.3 Å². The second kappa shape index (κ2) is 8.81. The van der Waals surface area contributed by atoms with Crippen molar-refractivity contribution in [3.63, 3.8) is 0 Å². The Balaban J connectivity index is 0.00000259. The van der Waals surface area contributed by atoms with Gasteiger partial charge in [-0.25, -0.2) is 0 Å². The number of aromatic nitrogens is 1. The Morgan fingerprint density at radius 1 is 0.906 bits per heavy atom. The van der Waals surface area contributed by atoms with Crippen LogP contribution < -0.4 is 10.6 Å². The van der Waals surface area contributed by atoms with E-state index < -0.39 is 11.7 Å². The summed E-state index contributed by atoms with van der Waals surface area (Å²) in [5.74, 6) is -1.08. The standard InChI is InChI=1S/C27H25N3O2.H2/c31-26(25-22-11-4-5-12-23(22)30-16-15-28-14-13-24(25)30)27(32)29-21-10-6-9-20(18-21)17-19-7-2-1-3-8-19;/h1-12,18,28H,13-17H2,(H,29,32);1H. The number of carbonyl (C=O) groups excluding carboxylic acids is 2. The first-order chi connectivity index (χ1) is 15.7. The Hall–Kier alpha value is -3.70. The molecule has 0 spiro atoms. The topological polar surface area (TPSA) is 63.1 Å². The average molecular weight is 426 g/mol. The molecule has 0 saturated heterocycles. The summed E-state index contributed by atoms with van der Waals surface area (Å²) in [5, 5.41) is 7.05. The zero-order chi connectivity index (χ0) is 21.9. The fraction of sp³-hybridized carbons (Fsp3) is 0.185. The number of hydrogen-bond acceptors (Lipinski definition) is 3. The normalized spacial score (nSPS) is 13.4. The van der Waals surface area contributed by atoms with Crippen LogP contribution in [0.4, 0.5) is 5.69 Å². The number of fused-ring (bicyclic) bond motifs is 3. The maximum atomic E-state index is 13.3. The number of rotatable bonds is 5. The van der Waals surface area contributed by atoms with Gasteiger partial charge in [-0.15, -0.1) is 0 Å². The molecule has 162 valence electrons. The van der Waals surface area contributed by atoms with Gasteiger partial charge in [0.05, 0.1) is 5.56 Å². The van der Waals surface area contributed by atoms with Gasteiger partial charge in [0.15, 0.2) is 0 Å². The highest BCUT2D eigenvalue weighted by molar-refractivity contribution is 6.48. The first-order valence-electron chi connectivity index (χ1n) is 11.0. The zero-order valence-corrected chi connectivity index (χ0v) is 17.8. The monoisotopic (exact) mass is 425 g/mol. The van der Waals surface area contributed by atoms with Gasteiger partial charge in [0, 0.05) is 49.8 Å². The number of nitrogens with one attached hydrogen (secondary N) is 2. The molecule has 5 rings (SSSR count). The number of nitrogens with zero attached hydrogens (tertiary/aromatic N) is 1. The SMILES string of the molecule is O=C(Nc1cccc(Cc2ccccc2)c1)C(=O)c1c2n(c3ccccc13)CCNCC2.[HH]. The molecular weight excluding hydrogens is 398 g/mol. The highest BCUT2D eigenvalue weighted by atomic mass is 16.2. The molecule has 1 aromatic heterocycles. The van der Waals surface area contributed by atoms with E-state index >= 15 is 0 Å². The summed E-state index contributed by atoms with van der Waals surface area (Å²) < 4.78 is 2.18. The van der Waals surface area contributed by atoms with Gasteiger partial charge in [0.2, 0.25) is 0 Å². The minimum atomic E-state index is -0.599. The highest BCUT2D eigenvalue weighted by Gasteiger charge is 2.27. The van der Waals surface area contributed by atoms with Crippen LogP contribution in [0.1, 0.15) is 28.6 Å². The molecule has 0 saturated carbocycles. The number of ketones is 1. The Bertz CT molecular complexity index is 1300. The van der Waals surface area contributed by atoms with Crippen molar-refractivity contribution < 1.29 is 11.0 Å². The molecule has 0 atom stereocenters. The lowest BCUT2D eigenvalue weighted by molar-refractivity contribution is -0.112. The number of hydrogen-bond donors (Lipinski definition) is 2. The molecule has 5 nitrogen and oxygen atoms in total. The minimum absolute atomic E-state index is 0. The third kappa shape index (κ3) is 3.95. The zero-order valence-electron chi connectivity index (χ0n) is 17.8. The van der Waals surface area contributed by atoms with Gasteiger partial charge in [-0.2, -0.15) is 0 Å². The van der Waals surface area contributed by atoms with Gasteiger partial charge >= 0.3 is 0 Å². The third-order valence-electron chi connectivity index (χ3n) is 6.00. The highest BCUT2D eigenvalue weighted by Crippen LogP contribution is 2.28. The summed E-state index contributed by atoms with van der Waals surface area (Å²) in [6.07, 6.45) is 1.48. The Morgan fingerprint density at radius 3 is 2.56 bits per heavy atom. The summed E-state index contributed by atoms with van der Waals surface area (Å²) in [4.78, 5) is 26.3. The summed E-state index contributed by atoms with van der Waals surface area (Å²) >= 11 is 0. The van der Waals surface area contributed by atoms with E-state index in [0.717, 1.165) is 54.6 Å². The number of carbonyl (C=O) groups is 2. The van der Waals surface area contributed by atoms with Crippen LogP contribution in [0.25, 0.3) is 10.9 Å². The predicted octanol–water partition coefficient (Wildman–Crippen LogP) is 4.45. The van der Waals surface area contributed by atoms with Crippen LogP contribution >= 0.6 is 0 Å². The van der Waals surface area contributed by atoms with Crippen LogP contribution in [0, 0.1) is 0 Å². The van der Waals surface area contributed by atoms with E-state index in [1.807, 2.05) is 66.7 Å². The maximum Gasteiger partial charge on any atom is 0.296 e. The van der Waals surface area contributed by atoms with Crippen LogP contribution in [0.3, 0.4) is 0 Å². The molecule has 0 bridgehead atoms. The molecule has 0 radical (unpaired) electrons. The maximum absolute atomic E-state index is 13.3. The molecule has 2 heterocycles. The van der Waals surface area contributed by atoms with Crippen LogP contribution in [-0.2, 0) is 24.2 Å². The molecule has 1 aliphatic heterocycles. The lowest BCUT2D eigenvalue weighted by atomic mass is 10.0. The van der Waals surface area contributed by atoms with Gasteiger partial charge in [0.25, 0.3) is 11.7 Å². The minimum Gasteiger partial charge on any atom is -0.343 e. The first-order valence-corrected chi connectivity index (χ1v) is 11.0. The van der Waals surface area contributed by atoms with Crippen LogP contribution in [0.15, 0.2) is 78.9 Å². The number of amides is 1. The third-order valence-corrected chi connectivity index (χ3v) is 6.00.